The van der Waals surface area contributed by atoms with E-state index in [9.17, 15) is 8.42 Å². The molecule has 0 bridgehead atoms. The highest BCUT2D eigenvalue weighted by Gasteiger charge is 2.25. The average Bonchev–Trinajstić information content (AvgIpc) is 3.10. The maximum Gasteiger partial charge on any atom is 0.241 e. The Morgan fingerprint density at radius 2 is 1.87 bits per heavy atom. The van der Waals surface area contributed by atoms with Crippen molar-refractivity contribution in [3.8, 4) is 11.1 Å². The van der Waals surface area contributed by atoms with Crippen molar-refractivity contribution in [3.05, 3.63) is 35.2 Å². The maximum absolute atomic E-state index is 12.8. The summed E-state index contributed by atoms with van der Waals surface area (Å²) in [6, 6.07) is 5.65. The van der Waals surface area contributed by atoms with E-state index < -0.39 is 10.0 Å². The Kier molecular flexibility index (Phi) is 4.29. The first kappa shape index (κ1) is 16.2. The summed E-state index contributed by atoms with van der Waals surface area (Å²) in [6.07, 6.45) is 4.05. The molecular formula is C17H23N3O2S. The maximum atomic E-state index is 12.8. The summed E-state index contributed by atoms with van der Waals surface area (Å²) >= 11 is 0. The van der Waals surface area contributed by atoms with E-state index >= 15 is 0 Å². The molecule has 0 unspecified atom stereocenters. The van der Waals surface area contributed by atoms with Crippen molar-refractivity contribution in [2.24, 2.45) is 0 Å². The summed E-state index contributed by atoms with van der Waals surface area (Å²) in [6.45, 7) is 5.70. The first-order valence-electron chi connectivity index (χ1n) is 8.03. The number of aromatic nitrogens is 2. The standard InChI is InChI=1S/C17H23N3O2S/c1-11-8-9-14(17-12(2)18-19-13(17)3)10-16(11)23(21,22)20-15-6-4-5-7-15/h8-10,15,20H,4-7H2,1-3H3,(H,18,19). The fourth-order valence-corrected chi connectivity index (χ4v) is 4.92. The molecule has 1 fully saturated rings. The number of hydrogen-bond acceptors (Lipinski definition) is 3. The molecule has 1 aromatic heterocycles. The Labute approximate surface area is 137 Å². The molecule has 0 amide bonds. The van der Waals surface area contributed by atoms with Crippen molar-refractivity contribution in [3.63, 3.8) is 0 Å². The highest BCUT2D eigenvalue weighted by atomic mass is 32.2. The third kappa shape index (κ3) is 3.19. The van der Waals surface area contributed by atoms with Crippen LogP contribution in [-0.4, -0.2) is 24.7 Å². The van der Waals surface area contributed by atoms with Crippen LogP contribution in [0.25, 0.3) is 11.1 Å². The van der Waals surface area contributed by atoms with Crippen LogP contribution >= 0.6 is 0 Å². The summed E-state index contributed by atoms with van der Waals surface area (Å²) in [5, 5.41) is 7.15. The van der Waals surface area contributed by atoms with Gasteiger partial charge >= 0.3 is 0 Å². The van der Waals surface area contributed by atoms with Crippen molar-refractivity contribution in [2.75, 3.05) is 0 Å². The fraction of sp³-hybridized carbons (Fsp3) is 0.471. The van der Waals surface area contributed by atoms with Gasteiger partial charge in [-0.2, -0.15) is 5.10 Å². The van der Waals surface area contributed by atoms with Crippen molar-refractivity contribution < 1.29 is 8.42 Å². The first-order valence-corrected chi connectivity index (χ1v) is 9.52. The van der Waals surface area contributed by atoms with E-state index in [1.54, 1.807) is 6.07 Å². The molecule has 2 N–H and O–H groups in total. The molecule has 2 aromatic rings. The Balaban J connectivity index is 2.01. The number of H-pyrrole nitrogens is 1. The third-order valence-corrected chi connectivity index (χ3v) is 6.23. The lowest BCUT2D eigenvalue weighted by Gasteiger charge is -2.15. The van der Waals surface area contributed by atoms with E-state index in [-0.39, 0.29) is 6.04 Å². The smallest absolute Gasteiger partial charge is 0.241 e. The lowest BCUT2D eigenvalue weighted by molar-refractivity contribution is 0.551. The zero-order valence-electron chi connectivity index (χ0n) is 13.8. The molecule has 1 heterocycles. The highest BCUT2D eigenvalue weighted by Crippen LogP contribution is 2.29. The van der Waals surface area contributed by atoms with Gasteiger partial charge in [-0.3, -0.25) is 5.10 Å². The molecule has 6 heteroatoms. The van der Waals surface area contributed by atoms with Gasteiger partial charge in [0.2, 0.25) is 10.0 Å². The van der Waals surface area contributed by atoms with Gasteiger partial charge in [0, 0.05) is 17.3 Å². The van der Waals surface area contributed by atoms with Crippen LogP contribution in [0, 0.1) is 20.8 Å². The van der Waals surface area contributed by atoms with Crippen LogP contribution < -0.4 is 4.72 Å². The van der Waals surface area contributed by atoms with Gasteiger partial charge in [0.1, 0.15) is 0 Å². The molecule has 124 valence electrons. The highest BCUT2D eigenvalue weighted by molar-refractivity contribution is 7.89. The predicted molar refractivity (Wildman–Crippen MR) is 90.8 cm³/mol. The summed E-state index contributed by atoms with van der Waals surface area (Å²) in [4.78, 5) is 0.363. The van der Waals surface area contributed by atoms with Crippen molar-refractivity contribution in [2.45, 2.75) is 57.4 Å². The van der Waals surface area contributed by atoms with Gasteiger partial charge in [-0.05, 0) is 50.8 Å². The molecule has 1 aliphatic carbocycles. The van der Waals surface area contributed by atoms with Gasteiger partial charge in [0.05, 0.1) is 10.6 Å². The Morgan fingerprint density at radius 3 is 2.48 bits per heavy atom. The van der Waals surface area contributed by atoms with Crippen LogP contribution in [0.15, 0.2) is 23.1 Å². The number of aryl methyl sites for hydroxylation is 3. The quantitative estimate of drug-likeness (QED) is 0.902. The molecule has 0 saturated heterocycles. The van der Waals surface area contributed by atoms with Crippen molar-refractivity contribution in [1.82, 2.24) is 14.9 Å². The normalized spacial score (nSPS) is 16.1. The molecule has 0 aliphatic heterocycles. The van der Waals surface area contributed by atoms with Crippen molar-refractivity contribution >= 4 is 10.0 Å². The van der Waals surface area contributed by atoms with Crippen molar-refractivity contribution in [1.29, 1.82) is 0 Å². The molecule has 3 rings (SSSR count). The summed E-state index contributed by atoms with van der Waals surface area (Å²) in [7, 11) is -3.49. The lowest BCUT2D eigenvalue weighted by Crippen LogP contribution is -2.33. The number of sulfonamides is 1. The van der Waals surface area contributed by atoms with Crippen LogP contribution in [0.5, 0.6) is 0 Å². The molecule has 0 spiro atoms. The van der Waals surface area contributed by atoms with E-state index in [2.05, 4.69) is 14.9 Å². The summed E-state index contributed by atoms with van der Waals surface area (Å²) < 4.78 is 28.4. The van der Waals surface area contributed by atoms with E-state index in [0.29, 0.717) is 4.90 Å². The summed E-state index contributed by atoms with van der Waals surface area (Å²) in [5.41, 5.74) is 4.43. The second kappa shape index (κ2) is 6.09. The first-order chi connectivity index (χ1) is 10.9. The van der Waals surface area contributed by atoms with Crippen LogP contribution in [0.2, 0.25) is 0 Å². The van der Waals surface area contributed by atoms with Crippen LogP contribution in [0.3, 0.4) is 0 Å². The number of benzene rings is 1. The third-order valence-electron chi connectivity index (χ3n) is 4.57. The van der Waals surface area contributed by atoms with Gasteiger partial charge in [-0.25, -0.2) is 13.1 Å². The van der Waals surface area contributed by atoms with Crippen LogP contribution in [0.1, 0.15) is 42.6 Å². The number of nitrogens with zero attached hydrogens (tertiary/aromatic N) is 1. The topological polar surface area (TPSA) is 74.8 Å². The number of aromatic amines is 1. The minimum Gasteiger partial charge on any atom is -0.282 e. The monoisotopic (exact) mass is 333 g/mol. The van der Waals surface area contributed by atoms with E-state index in [4.69, 9.17) is 0 Å². The Bertz CT molecular complexity index is 799. The Morgan fingerprint density at radius 1 is 1.17 bits per heavy atom. The molecule has 1 saturated carbocycles. The second-order valence-electron chi connectivity index (χ2n) is 6.39. The van der Waals surface area contributed by atoms with Gasteiger partial charge in [0.15, 0.2) is 0 Å². The summed E-state index contributed by atoms with van der Waals surface area (Å²) in [5.74, 6) is 0. The number of hydrogen-bond donors (Lipinski definition) is 2. The fourth-order valence-electron chi connectivity index (χ4n) is 3.35. The molecule has 1 aromatic carbocycles. The minimum atomic E-state index is -3.49. The number of nitrogens with one attached hydrogen (secondary N) is 2. The predicted octanol–water partition coefficient (Wildman–Crippen LogP) is 3.22. The molecule has 0 atom stereocenters. The van der Waals surface area contributed by atoms with Gasteiger partial charge < -0.3 is 0 Å². The molecule has 5 nitrogen and oxygen atoms in total. The molecule has 1 aliphatic rings. The van der Waals surface area contributed by atoms with Crippen LogP contribution in [0.4, 0.5) is 0 Å². The lowest BCUT2D eigenvalue weighted by atomic mass is 10.0. The largest absolute Gasteiger partial charge is 0.282 e. The zero-order valence-corrected chi connectivity index (χ0v) is 14.6. The zero-order chi connectivity index (χ0) is 16.6. The van der Waals surface area contributed by atoms with Gasteiger partial charge in [0.25, 0.3) is 0 Å². The number of rotatable bonds is 4. The van der Waals surface area contributed by atoms with Crippen LogP contribution in [-0.2, 0) is 10.0 Å². The van der Waals surface area contributed by atoms with E-state index in [1.165, 1.54) is 0 Å². The average molecular weight is 333 g/mol. The van der Waals surface area contributed by atoms with E-state index in [1.807, 2.05) is 32.9 Å². The minimum absolute atomic E-state index is 0.0699. The SMILES string of the molecule is Cc1ccc(-c2c(C)n[nH]c2C)cc1S(=O)(=O)NC1CCCC1. The Hall–Kier alpha value is -1.66. The molecular weight excluding hydrogens is 310 g/mol. The van der Waals surface area contributed by atoms with E-state index in [0.717, 1.165) is 53.8 Å². The molecule has 0 radical (unpaired) electrons. The molecule has 23 heavy (non-hydrogen) atoms. The van der Waals surface area contributed by atoms with Gasteiger partial charge in [-0.15, -0.1) is 0 Å². The second-order valence-corrected chi connectivity index (χ2v) is 8.07. The van der Waals surface area contributed by atoms with Gasteiger partial charge in [-0.1, -0.05) is 25.0 Å².